The Labute approximate surface area is 87.9 Å². The highest BCUT2D eigenvalue weighted by molar-refractivity contribution is 5.88. The van der Waals surface area contributed by atoms with Crippen molar-refractivity contribution in [1.82, 2.24) is 0 Å². The van der Waals surface area contributed by atoms with Gasteiger partial charge in [0, 0.05) is 6.21 Å². The number of carboxylic acid groups (broad SMARTS) is 1. The molecule has 0 atom stereocenters. The molecular weight excluding hydrogens is 192 g/mol. The molecule has 1 aromatic carbocycles. The number of anilines is 1. The van der Waals surface area contributed by atoms with Crippen LogP contribution in [0, 0.1) is 0 Å². The molecule has 0 aliphatic carbocycles. The molecule has 0 spiro atoms. The summed E-state index contributed by atoms with van der Waals surface area (Å²) in [4.78, 5) is 10.6. The topological polar surface area (TPSA) is 61.7 Å². The summed E-state index contributed by atoms with van der Waals surface area (Å²) in [7, 11) is 0. The van der Waals surface area contributed by atoms with Gasteiger partial charge in [-0.15, -0.1) is 0 Å². The zero-order chi connectivity index (χ0) is 11.1. The summed E-state index contributed by atoms with van der Waals surface area (Å²) in [6.45, 7) is 1.90. The smallest absolute Gasteiger partial charge is 0.335 e. The van der Waals surface area contributed by atoms with E-state index in [0.717, 1.165) is 5.69 Å². The average Bonchev–Trinajstić information content (AvgIpc) is 2.25. The molecule has 0 aromatic heterocycles. The van der Waals surface area contributed by atoms with Gasteiger partial charge in [-0.2, -0.15) is 5.10 Å². The van der Waals surface area contributed by atoms with Crippen molar-refractivity contribution in [3.63, 3.8) is 0 Å². The molecule has 15 heavy (non-hydrogen) atoms. The Kier molecular flexibility index (Phi) is 4.09. The summed E-state index contributed by atoms with van der Waals surface area (Å²) in [5, 5.41) is 12.6. The van der Waals surface area contributed by atoms with Crippen molar-refractivity contribution in [2.45, 2.75) is 6.92 Å². The summed E-state index contributed by atoms with van der Waals surface area (Å²) >= 11 is 0. The summed E-state index contributed by atoms with van der Waals surface area (Å²) in [5.41, 5.74) is 3.78. The van der Waals surface area contributed by atoms with Gasteiger partial charge >= 0.3 is 5.97 Å². The van der Waals surface area contributed by atoms with Crippen LogP contribution in [0.25, 0.3) is 0 Å². The van der Waals surface area contributed by atoms with Gasteiger partial charge in [-0.05, 0) is 37.3 Å². The molecule has 0 aliphatic heterocycles. The third-order valence-electron chi connectivity index (χ3n) is 1.68. The highest BCUT2D eigenvalue weighted by Crippen LogP contribution is 2.08. The Hall–Kier alpha value is -2.10. The quantitative estimate of drug-likeness (QED) is 0.584. The highest BCUT2D eigenvalue weighted by atomic mass is 16.4. The van der Waals surface area contributed by atoms with E-state index in [2.05, 4.69) is 10.5 Å². The molecule has 2 N–H and O–H groups in total. The van der Waals surface area contributed by atoms with E-state index in [1.54, 1.807) is 24.4 Å². The number of carbonyl (C=O) groups is 1. The first-order chi connectivity index (χ1) is 7.24. The first kappa shape index (κ1) is 11.0. The predicted molar refractivity (Wildman–Crippen MR) is 60.3 cm³/mol. The van der Waals surface area contributed by atoms with Crippen LogP contribution in [-0.4, -0.2) is 17.3 Å². The number of hydrazone groups is 1. The number of nitrogens with zero attached hydrogens (tertiary/aromatic N) is 1. The summed E-state index contributed by atoms with van der Waals surface area (Å²) < 4.78 is 0. The molecule has 4 nitrogen and oxygen atoms in total. The van der Waals surface area contributed by atoms with Gasteiger partial charge < -0.3 is 5.11 Å². The molecule has 4 heteroatoms. The van der Waals surface area contributed by atoms with Crippen molar-refractivity contribution < 1.29 is 9.90 Å². The second kappa shape index (κ2) is 5.59. The van der Waals surface area contributed by atoms with Crippen molar-refractivity contribution in [3.8, 4) is 0 Å². The number of benzene rings is 1. The van der Waals surface area contributed by atoms with E-state index in [-0.39, 0.29) is 5.56 Å². The van der Waals surface area contributed by atoms with Gasteiger partial charge in [0.15, 0.2) is 0 Å². The lowest BCUT2D eigenvalue weighted by Crippen LogP contribution is -1.96. The maximum Gasteiger partial charge on any atom is 0.335 e. The lowest BCUT2D eigenvalue weighted by atomic mass is 10.2. The van der Waals surface area contributed by atoms with Gasteiger partial charge in [0.25, 0.3) is 0 Å². The van der Waals surface area contributed by atoms with Gasteiger partial charge in [-0.25, -0.2) is 4.79 Å². The number of carboxylic acids is 1. The zero-order valence-electron chi connectivity index (χ0n) is 8.34. The molecule has 0 unspecified atom stereocenters. The van der Waals surface area contributed by atoms with Gasteiger partial charge in [0.2, 0.25) is 0 Å². The van der Waals surface area contributed by atoms with Crippen molar-refractivity contribution >= 4 is 17.9 Å². The molecule has 0 bridgehead atoms. The van der Waals surface area contributed by atoms with Crippen LogP contribution in [0.1, 0.15) is 17.3 Å². The molecule has 1 rings (SSSR count). The molecule has 78 valence electrons. The minimum Gasteiger partial charge on any atom is -0.478 e. The molecule has 0 amide bonds. The molecular formula is C11H12N2O2. The van der Waals surface area contributed by atoms with E-state index in [1.165, 1.54) is 12.1 Å². The average molecular weight is 204 g/mol. The van der Waals surface area contributed by atoms with Crippen molar-refractivity contribution in [3.05, 3.63) is 42.0 Å². The second-order valence-electron chi connectivity index (χ2n) is 2.80. The van der Waals surface area contributed by atoms with E-state index in [1.807, 2.05) is 13.0 Å². The molecule has 1 aromatic rings. The molecule has 0 radical (unpaired) electrons. The van der Waals surface area contributed by atoms with E-state index >= 15 is 0 Å². The molecule has 0 saturated heterocycles. The normalized spacial score (nSPS) is 11.0. The number of allylic oxidation sites excluding steroid dienone is 2. The summed E-state index contributed by atoms with van der Waals surface area (Å²) in [6, 6.07) is 6.37. The monoisotopic (exact) mass is 204 g/mol. The zero-order valence-corrected chi connectivity index (χ0v) is 8.34. The number of hydrogen-bond acceptors (Lipinski definition) is 3. The van der Waals surface area contributed by atoms with E-state index in [9.17, 15) is 4.79 Å². The van der Waals surface area contributed by atoms with Crippen LogP contribution in [0.4, 0.5) is 5.69 Å². The number of hydrogen-bond donors (Lipinski definition) is 2. The van der Waals surface area contributed by atoms with Crippen LogP contribution < -0.4 is 5.43 Å². The summed E-state index contributed by atoms with van der Waals surface area (Å²) in [6.07, 6.45) is 5.27. The molecule has 0 fully saturated rings. The van der Waals surface area contributed by atoms with Crippen molar-refractivity contribution in [1.29, 1.82) is 0 Å². The fraction of sp³-hybridized carbons (Fsp3) is 0.0909. The predicted octanol–water partition coefficient (Wildman–Crippen LogP) is 2.36. The van der Waals surface area contributed by atoms with Crippen LogP contribution in [0.15, 0.2) is 41.5 Å². The minimum absolute atomic E-state index is 0.262. The van der Waals surface area contributed by atoms with Gasteiger partial charge in [0.1, 0.15) is 0 Å². The minimum atomic E-state index is -0.932. The molecule has 0 saturated carbocycles. The van der Waals surface area contributed by atoms with Crippen LogP contribution in [0.2, 0.25) is 0 Å². The van der Waals surface area contributed by atoms with Crippen molar-refractivity contribution in [2.75, 3.05) is 5.43 Å². The lowest BCUT2D eigenvalue weighted by Gasteiger charge is -1.99. The largest absolute Gasteiger partial charge is 0.478 e. The molecule has 0 heterocycles. The number of aromatic carboxylic acids is 1. The van der Waals surface area contributed by atoms with E-state index in [4.69, 9.17) is 5.11 Å². The standard InChI is InChI=1S/C11H12N2O2/c1-2-3-8-12-13-10-6-4-9(5-7-10)11(14)15/h2-8,13H,1H3,(H,14,15). The van der Waals surface area contributed by atoms with E-state index < -0.39 is 5.97 Å². The van der Waals surface area contributed by atoms with Gasteiger partial charge in [0.05, 0.1) is 11.3 Å². The van der Waals surface area contributed by atoms with Gasteiger partial charge in [-0.1, -0.05) is 6.08 Å². The Bertz CT molecular complexity index is 380. The highest BCUT2D eigenvalue weighted by Gasteiger charge is 2.00. The Morgan fingerprint density at radius 3 is 2.60 bits per heavy atom. The number of nitrogens with one attached hydrogen (secondary N) is 1. The maximum absolute atomic E-state index is 10.6. The Morgan fingerprint density at radius 1 is 1.40 bits per heavy atom. The fourth-order valence-electron chi connectivity index (χ4n) is 0.928. The molecule has 0 aliphatic rings. The summed E-state index contributed by atoms with van der Waals surface area (Å²) in [5.74, 6) is -0.932. The SMILES string of the molecule is CC=CC=NNc1ccc(C(=O)O)cc1. The maximum atomic E-state index is 10.6. The van der Waals surface area contributed by atoms with Crippen LogP contribution in [-0.2, 0) is 0 Å². The Morgan fingerprint density at radius 2 is 2.07 bits per heavy atom. The van der Waals surface area contributed by atoms with Gasteiger partial charge in [-0.3, -0.25) is 5.43 Å². The van der Waals surface area contributed by atoms with Crippen LogP contribution in [0.5, 0.6) is 0 Å². The second-order valence-corrected chi connectivity index (χ2v) is 2.80. The third-order valence-corrected chi connectivity index (χ3v) is 1.68. The van der Waals surface area contributed by atoms with Crippen LogP contribution >= 0.6 is 0 Å². The Balaban J connectivity index is 2.61. The third kappa shape index (κ3) is 3.64. The van der Waals surface area contributed by atoms with E-state index in [0.29, 0.717) is 0 Å². The number of rotatable bonds is 4. The fourth-order valence-corrected chi connectivity index (χ4v) is 0.928. The lowest BCUT2D eigenvalue weighted by molar-refractivity contribution is 0.0697. The first-order valence-corrected chi connectivity index (χ1v) is 4.47. The van der Waals surface area contributed by atoms with Crippen molar-refractivity contribution in [2.24, 2.45) is 5.10 Å². The first-order valence-electron chi connectivity index (χ1n) is 4.47. The van der Waals surface area contributed by atoms with Crippen LogP contribution in [0.3, 0.4) is 0 Å².